The van der Waals surface area contributed by atoms with Crippen LogP contribution in [0, 0.1) is 23.3 Å². The van der Waals surface area contributed by atoms with Gasteiger partial charge in [-0.1, -0.05) is 0 Å². The van der Waals surface area contributed by atoms with E-state index in [1.54, 1.807) is 21.0 Å². The lowest BCUT2D eigenvalue weighted by molar-refractivity contribution is -0.143. The van der Waals surface area contributed by atoms with Gasteiger partial charge < -0.3 is 10.5 Å². The smallest absolute Gasteiger partial charge is 0.321 e. The number of carbonyl (C=O) groups excluding carboxylic acids is 1. The molecular formula is C26H25F4N7O4S. The van der Waals surface area contributed by atoms with Crippen LogP contribution in [0.5, 0.6) is 0 Å². The molecule has 42 heavy (non-hydrogen) atoms. The molecule has 2 N–H and O–H groups in total. The molecule has 4 rings (SSSR count). The fraction of sp³-hybridized carbons (Fsp3) is 0.231. The highest BCUT2D eigenvalue weighted by Crippen LogP contribution is 2.38. The lowest BCUT2D eigenvalue weighted by Gasteiger charge is -2.25. The lowest BCUT2D eigenvalue weighted by atomic mass is 10.0. The predicted octanol–water partition coefficient (Wildman–Crippen LogP) is 3.42. The van der Waals surface area contributed by atoms with Crippen molar-refractivity contribution >= 4 is 27.6 Å². The van der Waals surface area contributed by atoms with Crippen molar-refractivity contribution in [2.75, 3.05) is 37.4 Å². The van der Waals surface area contributed by atoms with E-state index in [9.17, 15) is 22.0 Å². The highest BCUT2D eigenvalue weighted by atomic mass is 32.2. The Morgan fingerprint density at radius 2 is 1.79 bits per heavy atom. The second-order valence-corrected chi connectivity index (χ2v) is 10.9. The standard InChI is InChI=1S/C26H25F4N7O4S/c1-4-36-12-16(19-9-10-32-26(31)33-19)25(34-36)23-18(29)7-8-20(24(23)30)37(14-41-22(38)13-35(2)3)42(39,40)21-11-15(27)5-6-17(21)28/h5-12H,4,13-14H2,1-3H3,(H2,31,32,33). The Bertz CT molecular complexity index is 1750. The van der Waals surface area contributed by atoms with Crippen LogP contribution in [-0.2, 0) is 26.1 Å². The number of benzene rings is 2. The second kappa shape index (κ2) is 12.1. The molecule has 2 aromatic heterocycles. The summed E-state index contributed by atoms with van der Waals surface area (Å²) in [5.41, 5.74) is 4.16. The van der Waals surface area contributed by atoms with Crippen LogP contribution < -0.4 is 10.0 Å². The zero-order chi connectivity index (χ0) is 30.8. The molecule has 2 heterocycles. The highest BCUT2D eigenvalue weighted by Gasteiger charge is 2.34. The molecule has 0 unspecified atom stereocenters. The molecule has 0 aliphatic rings. The summed E-state index contributed by atoms with van der Waals surface area (Å²) in [6, 6.07) is 4.62. The summed E-state index contributed by atoms with van der Waals surface area (Å²) in [6.07, 6.45) is 2.79. The van der Waals surface area contributed by atoms with Crippen molar-refractivity contribution in [2.45, 2.75) is 18.4 Å². The largest absolute Gasteiger partial charge is 0.442 e. The lowest BCUT2D eigenvalue weighted by Crippen LogP contribution is -2.37. The topological polar surface area (TPSA) is 137 Å². The third kappa shape index (κ3) is 6.18. The van der Waals surface area contributed by atoms with Gasteiger partial charge in [-0.2, -0.15) is 5.10 Å². The van der Waals surface area contributed by atoms with Gasteiger partial charge >= 0.3 is 5.97 Å². The molecule has 0 atom stereocenters. The van der Waals surface area contributed by atoms with Crippen molar-refractivity contribution in [1.82, 2.24) is 24.6 Å². The average Bonchev–Trinajstić information content (AvgIpc) is 3.35. The number of hydrogen-bond acceptors (Lipinski definition) is 9. The Labute approximate surface area is 238 Å². The van der Waals surface area contributed by atoms with E-state index >= 15 is 8.78 Å². The first-order valence-corrected chi connectivity index (χ1v) is 13.7. The van der Waals surface area contributed by atoms with Gasteiger partial charge in [0.15, 0.2) is 12.5 Å². The summed E-state index contributed by atoms with van der Waals surface area (Å²) in [5, 5.41) is 4.25. The quantitative estimate of drug-likeness (QED) is 0.163. The van der Waals surface area contributed by atoms with Crippen molar-refractivity contribution in [3.05, 3.63) is 72.1 Å². The number of carbonyl (C=O) groups is 1. The summed E-state index contributed by atoms with van der Waals surface area (Å²) < 4.78 is 94.2. The Morgan fingerprint density at radius 3 is 2.45 bits per heavy atom. The summed E-state index contributed by atoms with van der Waals surface area (Å²) in [7, 11) is -2.04. The van der Waals surface area contributed by atoms with Gasteiger partial charge in [0.1, 0.15) is 28.0 Å². The summed E-state index contributed by atoms with van der Waals surface area (Å²) >= 11 is 0. The predicted molar refractivity (Wildman–Crippen MR) is 144 cm³/mol. The molecule has 0 spiro atoms. The minimum Gasteiger partial charge on any atom is -0.442 e. The zero-order valence-electron chi connectivity index (χ0n) is 22.6. The number of sulfonamides is 1. The van der Waals surface area contributed by atoms with Gasteiger partial charge in [0.05, 0.1) is 23.5 Å². The van der Waals surface area contributed by atoms with Gasteiger partial charge in [0, 0.05) is 24.5 Å². The van der Waals surface area contributed by atoms with E-state index in [0.29, 0.717) is 18.2 Å². The maximum atomic E-state index is 16.3. The van der Waals surface area contributed by atoms with Crippen molar-refractivity contribution in [3.63, 3.8) is 0 Å². The maximum absolute atomic E-state index is 16.3. The summed E-state index contributed by atoms with van der Waals surface area (Å²) in [4.78, 5) is 20.4. The number of hydrogen-bond donors (Lipinski definition) is 1. The number of rotatable bonds is 10. The number of halogens is 4. The molecule has 0 saturated heterocycles. The van der Waals surface area contributed by atoms with Gasteiger partial charge in [-0.15, -0.1) is 0 Å². The van der Waals surface area contributed by atoms with Gasteiger partial charge in [0.25, 0.3) is 10.0 Å². The van der Waals surface area contributed by atoms with E-state index in [0.717, 1.165) is 12.1 Å². The number of nitrogens with two attached hydrogens (primary N) is 1. The van der Waals surface area contributed by atoms with Crippen LogP contribution >= 0.6 is 0 Å². The van der Waals surface area contributed by atoms with Crippen molar-refractivity contribution in [3.8, 4) is 22.5 Å². The van der Waals surface area contributed by atoms with E-state index in [-0.39, 0.29) is 40.3 Å². The van der Waals surface area contributed by atoms with Crippen LogP contribution in [-0.4, -0.2) is 66.4 Å². The van der Waals surface area contributed by atoms with Gasteiger partial charge in [0.2, 0.25) is 5.95 Å². The number of ether oxygens (including phenoxy) is 1. The van der Waals surface area contributed by atoms with Crippen LogP contribution in [0.2, 0.25) is 0 Å². The Kier molecular flexibility index (Phi) is 8.77. The second-order valence-electron chi connectivity index (χ2n) is 9.11. The molecule has 4 aromatic rings. The SMILES string of the molecule is CCn1cc(-c2ccnc(N)n2)c(-c2c(F)ccc(N(COC(=O)CN(C)C)S(=O)(=O)c3cc(F)ccc3F)c2F)n1. The molecule has 0 bridgehead atoms. The van der Waals surface area contributed by atoms with Crippen molar-refractivity contribution in [2.24, 2.45) is 0 Å². The Balaban J connectivity index is 1.92. The van der Waals surface area contributed by atoms with E-state index in [2.05, 4.69) is 15.1 Å². The molecular weight excluding hydrogens is 582 g/mol. The minimum absolute atomic E-state index is 0.119. The molecule has 16 heteroatoms. The first kappa shape index (κ1) is 30.4. The van der Waals surface area contributed by atoms with Crippen LogP contribution in [0.25, 0.3) is 22.5 Å². The van der Waals surface area contributed by atoms with Gasteiger partial charge in [-0.05, 0) is 57.4 Å². The molecule has 11 nitrogen and oxygen atoms in total. The highest BCUT2D eigenvalue weighted by molar-refractivity contribution is 7.92. The molecule has 0 fully saturated rings. The normalized spacial score (nSPS) is 11.6. The third-order valence-electron chi connectivity index (χ3n) is 5.86. The van der Waals surface area contributed by atoms with Crippen LogP contribution in [0.3, 0.4) is 0 Å². The number of nitrogens with zero attached hydrogens (tertiary/aromatic N) is 6. The maximum Gasteiger partial charge on any atom is 0.321 e. The zero-order valence-corrected chi connectivity index (χ0v) is 23.4. The summed E-state index contributed by atoms with van der Waals surface area (Å²) in [5.74, 6) is -6.05. The van der Waals surface area contributed by atoms with E-state index in [1.165, 1.54) is 28.0 Å². The number of likely N-dealkylation sites (N-methyl/N-ethyl adjacent to an activating group) is 1. The Hall–Kier alpha value is -4.57. The molecule has 2 aromatic carbocycles. The van der Waals surface area contributed by atoms with E-state index in [4.69, 9.17) is 10.5 Å². The monoisotopic (exact) mass is 607 g/mol. The minimum atomic E-state index is -5.13. The van der Waals surface area contributed by atoms with Crippen LogP contribution in [0.4, 0.5) is 29.2 Å². The first-order chi connectivity index (χ1) is 19.8. The fourth-order valence-electron chi connectivity index (χ4n) is 3.93. The number of aromatic nitrogens is 4. The summed E-state index contributed by atoms with van der Waals surface area (Å²) in [6.45, 7) is 0.588. The van der Waals surface area contributed by atoms with E-state index < -0.39 is 62.1 Å². The molecule has 0 amide bonds. The first-order valence-electron chi connectivity index (χ1n) is 12.3. The fourth-order valence-corrected chi connectivity index (χ4v) is 5.33. The number of aryl methyl sites for hydroxylation is 1. The van der Waals surface area contributed by atoms with Crippen molar-refractivity contribution < 1.29 is 35.5 Å². The average molecular weight is 608 g/mol. The molecule has 222 valence electrons. The molecule has 0 aliphatic heterocycles. The molecule has 0 radical (unpaired) electrons. The van der Waals surface area contributed by atoms with Crippen LogP contribution in [0.15, 0.2) is 53.7 Å². The van der Waals surface area contributed by atoms with Crippen molar-refractivity contribution in [1.29, 1.82) is 0 Å². The number of esters is 1. The number of anilines is 2. The van der Waals surface area contributed by atoms with Crippen LogP contribution in [0.1, 0.15) is 6.92 Å². The third-order valence-corrected chi connectivity index (χ3v) is 7.61. The van der Waals surface area contributed by atoms with Gasteiger partial charge in [-0.3, -0.25) is 14.4 Å². The van der Waals surface area contributed by atoms with Gasteiger partial charge in [-0.25, -0.2) is 40.3 Å². The molecule has 0 aliphatic carbocycles. The molecule has 0 saturated carbocycles. The van der Waals surface area contributed by atoms with E-state index in [1.807, 2.05) is 0 Å². The number of nitrogen functional groups attached to an aromatic ring is 1. The Morgan fingerprint density at radius 1 is 1.07 bits per heavy atom.